The van der Waals surface area contributed by atoms with Crippen LogP contribution in [0.25, 0.3) is 0 Å². The van der Waals surface area contributed by atoms with E-state index in [4.69, 9.17) is 11.6 Å². The van der Waals surface area contributed by atoms with Gasteiger partial charge in [0.05, 0.1) is 16.8 Å². The molecule has 1 saturated carbocycles. The third kappa shape index (κ3) is 4.30. The van der Waals surface area contributed by atoms with Gasteiger partial charge in [-0.25, -0.2) is 4.39 Å². The van der Waals surface area contributed by atoms with Gasteiger partial charge in [0, 0.05) is 12.1 Å². The highest BCUT2D eigenvalue weighted by atomic mass is 35.5. The molecule has 0 atom stereocenters. The molecular formula is C19H14ClF4NO2. The molecule has 1 fully saturated rings. The van der Waals surface area contributed by atoms with E-state index in [9.17, 15) is 27.2 Å². The monoisotopic (exact) mass is 399 g/mol. The summed E-state index contributed by atoms with van der Waals surface area (Å²) in [5.41, 5.74) is -1.38. The SMILES string of the molecule is O=C(Cl)c1cccc(N(CC2CC2)C(=O)c2ccc(C(F)(F)F)cc2)c1F. The second-order valence-corrected chi connectivity index (χ2v) is 6.69. The van der Waals surface area contributed by atoms with Crippen molar-refractivity contribution in [2.24, 2.45) is 5.92 Å². The minimum absolute atomic E-state index is 0.00865. The third-order valence-corrected chi connectivity index (χ3v) is 4.53. The predicted molar refractivity (Wildman–Crippen MR) is 92.4 cm³/mol. The Morgan fingerprint density at radius 1 is 1.07 bits per heavy atom. The number of halogens is 5. The number of carbonyl (C=O) groups is 2. The van der Waals surface area contributed by atoms with Gasteiger partial charge in [0.15, 0.2) is 5.82 Å². The molecule has 2 aromatic rings. The van der Waals surface area contributed by atoms with Gasteiger partial charge in [-0.1, -0.05) is 6.07 Å². The molecule has 3 rings (SSSR count). The minimum Gasteiger partial charge on any atom is -0.305 e. The number of rotatable bonds is 5. The van der Waals surface area contributed by atoms with Crippen molar-refractivity contribution in [3.05, 3.63) is 65.0 Å². The Morgan fingerprint density at radius 2 is 1.70 bits per heavy atom. The summed E-state index contributed by atoms with van der Waals surface area (Å²) in [7, 11) is 0. The Morgan fingerprint density at radius 3 is 2.22 bits per heavy atom. The maximum atomic E-state index is 14.7. The van der Waals surface area contributed by atoms with E-state index >= 15 is 0 Å². The molecule has 1 aliphatic rings. The minimum atomic E-state index is -4.52. The number of alkyl halides is 3. The maximum Gasteiger partial charge on any atom is 0.416 e. The zero-order chi connectivity index (χ0) is 19.8. The van der Waals surface area contributed by atoms with Gasteiger partial charge in [-0.05, 0) is 66.8 Å². The van der Waals surface area contributed by atoms with E-state index in [1.165, 1.54) is 18.2 Å². The van der Waals surface area contributed by atoms with Crippen molar-refractivity contribution in [2.75, 3.05) is 11.4 Å². The van der Waals surface area contributed by atoms with Crippen LogP contribution in [0.4, 0.5) is 23.2 Å². The molecule has 0 aromatic heterocycles. The van der Waals surface area contributed by atoms with Crippen LogP contribution in [0.5, 0.6) is 0 Å². The van der Waals surface area contributed by atoms with Crippen molar-refractivity contribution in [3.8, 4) is 0 Å². The number of carbonyl (C=O) groups excluding carboxylic acids is 2. The lowest BCUT2D eigenvalue weighted by atomic mass is 10.1. The Hall–Kier alpha value is -2.41. The van der Waals surface area contributed by atoms with E-state index in [2.05, 4.69) is 0 Å². The first-order chi connectivity index (χ1) is 12.7. The van der Waals surface area contributed by atoms with Gasteiger partial charge in [-0.15, -0.1) is 0 Å². The van der Waals surface area contributed by atoms with Gasteiger partial charge in [-0.2, -0.15) is 13.2 Å². The normalized spacial score (nSPS) is 14.1. The average molecular weight is 400 g/mol. The van der Waals surface area contributed by atoms with Gasteiger partial charge in [0.25, 0.3) is 11.1 Å². The molecule has 0 N–H and O–H groups in total. The fourth-order valence-corrected chi connectivity index (χ4v) is 2.83. The van der Waals surface area contributed by atoms with Crippen LogP contribution in [0.1, 0.15) is 39.1 Å². The van der Waals surface area contributed by atoms with Crippen molar-refractivity contribution in [1.82, 2.24) is 0 Å². The largest absolute Gasteiger partial charge is 0.416 e. The van der Waals surface area contributed by atoms with Crippen LogP contribution < -0.4 is 4.90 Å². The molecule has 0 radical (unpaired) electrons. The molecule has 0 saturated heterocycles. The van der Waals surface area contributed by atoms with E-state index in [1.54, 1.807) is 0 Å². The van der Waals surface area contributed by atoms with Crippen molar-refractivity contribution >= 4 is 28.4 Å². The van der Waals surface area contributed by atoms with E-state index in [1.807, 2.05) is 0 Å². The molecule has 0 aliphatic heterocycles. The molecular weight excluding hydrogens is 386 g/mol. The predicted octanol–water partition coefficient (Wildman–Crippen LogP) is 5.28. The van der Waals surface area contributed by atoms with E-state index < -0.39 is 28.7 Å². The maximum absolute atomic E-state index is 14.7. The van der Waals surface area contributed by atoms with Crippen LogP contribution in [0.3, 0.4) is 0 Å². The Bertz CT molecular complexity index is 876. The van der Waals surface area contributed by atoms with Crippen molar-refractivity contribution in [3.63, 3.8) is 0 Å². The summed E-state index contributed by atoms with van der Waals surface area (Å²) in [5, 5.41) is -0.997. The van der Waals surface area contributed by atoms with Gasteiger partial charge in [0.2, 0.25) is 0 Å². The first-order valence-corrected chi connectivity index (χ1v) is 8.53. The molecule has 0 bridgehead atoms. The van der Waals surface area contributed by atoms with Gasteiger partial charge in [0.1, 0.15) is 0 Å². The van der Waals surface area contributed by atoms with Crippen LogP contribution in [0.15, 0.2) is 42.5 Å². The number of hydrogen-bond donors (Lipinski definition) is 0. The van der Waals surface area contributed by atoms with Crippen LogP contribution in [0.2, 0.25) is 0 Å². The van der Waals surface area contributed by atoms with Crippen molar-refractivity contribution < 1.29 is 27.2 Å². The van der Waals surface area contributed by atoms with Crippen LogP contribution in [0, 0.1) is 11.7 Å². The Balaban J connectivity index is 1.97. The second kappa shape index (κ2) is 7.31. The van der Waals surface area contributed by atoms with Crippen molar-refractivity contribution in [2.45, 2.75) is 19.0 Å². The quantitative estimate of drug-likeness (QED) is 0.506. The first kappa shape index (κ1) is 19.4. The molecule has 3 nitrogen and oxygen atoms in total. The highest BCUT2D eigenvalue weighted by molar-refractivity contribution is 6.67. The molecule has 27 heavy (non-hydrogen) atoms. The number of hydrogen-bond acceptors (Lipinski definition) is 2. The summed E-state index contributed by atoms with van der Waals surface area (Å²) in [5.74, 6) is -1.40. The topological polar surface area (TPSA) is 37.4 Å². The molecule has 8 heteroatoms. The smallest absolute Gasteiger partial charge is 0.305 e. The Kier molecular flexibility index (Phi) is 5.24. The summed E-state index contributed by atoms with van der Waals surface area (Å²) in [6.07, 6.45) is -2.78. The molecule has 0 heterocycles. The van der Waals surface area contributed by atoms with Crippen LogP contribution >= 0.6 is 11.6 Å². The summed E-state index contributed by atoms with van der Waals surface area (Å²) in [6.45, 7) is 0.205. The summed E-state index contributed by atoms with van der Waals surface area (Å²) < 4.78 is 52.8. The molecule has 0 unspecified atom stereocenters. The average Bonchev–Trinajstić information content (AvgIpc) is 3.43. The fourth-order valence-electron chi connectivity index (χ4n) is 2.69. The first-order valence-electron chi connectivity index (χ1n) is 8.16. The van der Waals surface area contributed by atoms with Gasteiger partial charge < -0.3 is 4.90 Å². The number of anilines is 1. The molecule has 2 aromatic carbocycles. The summed E-state index contributed by atoms with van der Waals surface area (Å²) >= 11 is 5.37. The summed E-state index contributed by atoms with van der Waals surface area (Å²) in [4.78, 5) is 25.4. The number of amides is 1. The Labute approximate surface area is 157 Å². The third-order valence-electron chi connectivity index (χ3n) is 4.32. The van der Waals surface area contributed by atoms with Gasteiger partial charge in [-0.3, -0.25) is 9.59 Å². The highest BCUT2D eigenvalue weighted by Crippen LogP contribution is 2.34. The molecule has 142 valence electrons. The van der Waals surface area contributed by atoms with E-state index in [-0.39, 0.29) is 29.3 Å². The lowest BCUT2D eigenvalue weighted by molar-refractivity contribution is -0.137. The molecule has 1 aliphatic carbocycles. The molecule has 1 amide bonds. The zero-order valence-corrected chi connectivity index (χ0v) is 14.6. The molecule has 0 spiro atoms. The zero-order valence-electron chi connectivity index (χ0n) is 13.9. The van der Waals surface area contributed by atoms with E-state index in [0.717, 1.165) is 42.0 Å². The van der Waals surface area contributed by atoms with E-state index in [0.29, 0.717) is 0 Å². The lowest BCUT2D eigenvalue weighted by Crippen LogP contribution is -2.34. The number of benzene rings is 2. The fraction of sp³-hybridized carbons (Fsp3) is 0.263. The van der Waals surface area contributed by atoms with Gasteiger partial charge >= 0.3 is 6.18 Å². The van der Waals surface area contributed by atoms with Crippen molar-refractivity contribution in [1.29, 1.82) is 0 Å². The van der Waals surface area contributed by atoms with Crippen LogP contribution in [-0.2, 0) is 6.18 Å². The lowest BCUT2D eigenvalue weighted by Gasteiger charge is -2.24. The summed E-state index contributed by atoms with van der Waals surface area (Å²) in [6, 6.07) is 7.65. The highest BCUT2D eigenvalue weighted by Gasteiger charge is 2.32. The second-order valence-electron chi connectivity index (χ2n) is 6.35. The standard InChI is InChI=1S/C19H14ClF4NO2/c20-17(26)14-2-1-3-15(16(14)21)25(10-11-4-5-11)18(27)12-6-8-13(9-7-12)19(22,23)24/h1-3,6-9,11H,4-5,10H2. The van der Waals surface area contributed by atoms with Crippen LogP contribution in [-0.4, -0.2) is 17.7 Å². The number of nitrogens with zero attached hydrogens (tertiary/aromatic N) is 1.